The molecular formula is C21H19F3N4O6. The molecule has 1 aliphatic rings. The molecule has 3 rings (SSSR count). The van der Waals surface area contributed by atoms with Gasteiger partial charge in [-0.3, -0.25) is 14.4 Å². The number of carbonyl (C=O) groups is 4. The van der Waals surface area contributed by atoms with Crippen LogP contribution in [0.5, 0.6) is 0 Å². The molecule has 0 fully saturated rings. The fourth-order valence-corrected chi connectivity index (χ4v) is 2.94. The molecule has 0 saturated carbocycles. The van der Waals surface area contributed by atoms with Gasteiger partial charge in [0.15, 0.2) is 0 Å². The van der Waals surface area contributed by atoms with Gasteiger partial charge in [-0.1, -0.05) is 12.1 Å². The third kappa shape index (κ3) is 7.05. The number of carboxylic acids is 2. The SMILES string of the molecule is NN=Cc1ccc(C(=O)Nc2ccc3c(c2)CCN(CC(=O)O)C3=O)cc1.O=C(O)C(F)(F)F. The van der Waals surface area contributed by atoms with Gasteiger partial charge in [-0.05, 0) is 47.9 Å². The van der Waals surface area contributed by atoms with E-state index in [9.17, 15) is 27.6 Å². The van der Waals surface area contributed by atoms with E-state index in [0.29, 0.717) is 29.8 Å². The lowest BCUT2D eigenvalue weighted by molar-refractivity contribution is -0.192. The molecule has 0 saturated heterocycles. The van der Waals surface area contributed by atoms with Gasteiger partial charge in [-0.2, -0.15) is 18.3 Å². The molecule has 180 valence electrons. The fourth-order valence-electron chi connectivity index (χ4n) is 2.94. The number of nitrogens with one attached hydrogen (secondary N) is 1. The summed E-state index contributed by atoms with van der Waals surface area (Å²) in [6.07, 6.45) is -3.07. The summed E-state index contributed by atoms with van der Waals surface area (Å²) in [5.74, 6) is 0.705. The van der Waals surface area contributed by atoms with Crippen LogP contribution in [0.1, 0.15) is 31.8 Å². The number of rotatable bonds is 5. The van der Waals surface area contributed by atoms with Gasteiger partial charge in [0.1, 0.15) is 6.54 Å². The number of hydrogen-bond donors (Lipinski definition) is 4. The number of aliphatic carboxylic acids is 2. The van der Waals surface area contributed by atoms with Crippen LogP contribution in [0.3, 0.4) is 0 Å². The van der Waals surface area contributed by atoms with Crippen LogP contribution in [0.4, 0.5) is 18.9 Å². The first kappa shape index (κ1) is 25.8. The Labute approximate surface area is 190 Å². The summed E-state index contributed by atoms with van der Waals surface area (Å²) in [7, 11) is 0. The first-order valence-corrected chi connectivity index (χ1v) is 9.51. The number of carbonyl (C=O) groups excluding carboxylic acids is 2. The normalized spacial score (nSPS) is 13.0. The predicted molar refractivity (Wildman–Crippen MR) is 114 cm³/mol. The van der Waals surface area contributed by atoms with E-state index in [1.807, 2.05) is 0 Å². The number of benzene rings is 2. The van der Waals surface area contributed by atoms with Crippen LogP contribution >= 0.6 is 0 Å². The van der Waals surface area contributed by atoms with Gasteiger partial charge >= 0.3 is 18.1 Å². The number of anilines is 1. The van der Waals surface area contributed by atoms with E-state index in [2.05, 4.69) is 10.4 Å². The average molecular weight is 480 g/mol. The number of amides is 2. The zero-order valence-electron chi connectivity index (χ0n) is 17.4. The van der Waals surface area contributed by atoms with E-state index in [1.165, 1.54) is 11.1 Å². The highest BCUT2D eigenvalue weighted by Gasteiger charge is 2.38. The van der Waals surface area contributed by atoms with Crippen molar-refractivity contribution in [2.24, 2.45) is 10.9 Å². The highest BCUT2D eigenvalue weighted by Crippen LogP contribution is 2.23. The Balaban J connectivity index is 0.000000509. The Morgan fingerprint density at radius 3 is 2.26 bits per heavy atom. The molecule has 2 aromatic carbocycles. The van der Waals surface area contributed by atoms with Gasteiger partial charge in [0, 0.05) is 23.4 Å². The Hall–Kier alpha value is -4.42. The molecule has 34 heavy (non-hydrogen) atoms. The predicted octanol–water partition coefficient (Wildman–Crippen LogP) is 1.95. The minimum Gasteiger partial charge on any atom is -0.480 e. The van der Waals surface area contributed by atoms with Crippen molar-refractivity contribution >= 4 is 35.7 Å². The van der Waals surface area contributed by atoms with Crippen LogP contribution in [0, 0.1) is 0 Å². The van der Waals surface area contributed by atoms with Crippen LogP contribution in [0.15, 0.2) is 47.6 Å². The molecule has 2 amide bonds. The Bertz CT molecular complexity index is 1120. The van der Waals surface area contributed by atoms with E-state index in [1.54, 1.807) is 42.5 Å². The molecule has 0 aromatic heterocycles. The summed E-state index contributed by atoms with van der Waals surface area (Å²) < 4.78 is 31.7. The van der Waals surface area contributed by atoms with Crippen molar-refractivity contribution in [1.29, 1.82) is 0 Å². The lowest BCUT2D eigenvalue weighted by Crippen LogP contribution is -2.40. The molecule has 0 radical (unpaired) electrons. The van der Waals surface area contributed by atoms with Crippen molar-refractivity contribution in [2.45, 2.75) is 12.6 Å². The quantitative estimate of drug-likeness (QED) is 0.289. The average Bonchev–Trinajstić information content (AvgIpc) is 2.76. The first-order valence-electron chi connectivity index (χ1n) is 9.51. The van der Waals surface area contributed by atoms with E-state index >= 15 is 0 Å². The number of carboxylic acid groups (broad SMARTS) is 2. The second-order valence-electron chi connectivity index (χ2n) is 6.90. The molecule has 13 heteroatoms. The number of hydrogen-bond acceptors (Lipinski definition) is 6. The minimum absolute atomic E-state index is 0.277. The van der Waals surface area contributed by atoms with E-state index in [4.69, 9.17) is 20.9 Å². The van der Waals surface area contributed by atoms with Gasteiger partial charge in [0.05, 0.1) is 6.21 Å². The van der Waals surface area contributed by atoms with Gasteiger partial charge < -0.3 is 26.3 Å². The number of nitrogens with zero attached hydrogens (tertiary/aromatic N) is 2. The van der Waals surface area contributed by atoms with Crippen LogP contribution in [0.2, 0.25) is 0 Å². The lowest BCUT2D eigenvalue weighted by atomic mass is 9.98. The molecular weight excluding hydrogens is 461 g/mol. The van der Waals surface area contributed by atoms with Gasteiger partial charge in [-0.15, -0.1) is 0 Å². The van der Waals surface area contributed by atoms with Gasteiger partial charge in [0.25, 0.3) is 11.8 Å². The first-order chi connectivity index (χ1) is 15.9. The second kappa shape index (κ2) is 10.9. The zero-order chi connectivity index (χ0) is 25.5. The number of fused-ring (bicyclic) bond motifs is 1. The highest BCUT2D eigenvalue weighted by molar-refractivity contribution is 6.05. The second-order valence-corrected chi connectivity index (χ2v) is 6.90. The summed E-state index contributed by atoms with van der Waals surface area (Å²) in [6, 6.07) is 11.8. The third-order valence-electron chi connectivity index (χ3n) is 4.50. The lowest BCUT2D eigenvalue weighted by Gasteiger charge is -2.27. The van der Waals surface area contributed by atoms with Crippen molar-refractivity contribution in [1.82, 2.24) is 4.90 Å². The maximum atomic E-state index is 12.4. The molecule has 10 nitrogen and oxygen atoms in total. The summed E-state index contributed by atoms with van der Waals surface area (Å²) in [4.78, 5) is 45.8. The van der Waals surface area contributed by atoms with E-state index in [0.717, 1.165) is 11.1 Å². The topological polar surface area (TPSA) is 162 Å². The van der Waals surface area contributed by atoms with Crippen LogP contribution < -0.4 is 11.2 Å². The maximum absolute atomic E-state index is 12.4. The van der Waals surface area contributed by atoms with Crippen molar-refractivity contribution in [3.63, 3.8) is 0 Å². The van der Waals surface area contributed by atoms with Crippen molar-refractivity contribution in [3.05, 3.63) is 64.7 Å². The van der Waals surface area contributed by atoms with Crippen LogP contribution in [-0.4, -0.2) is 64.3 Å². The standard InChI is InChI=1S/C19H18N4O4.C2HF3O2/c20-21-10-12-1-3-13(4-2-12)18(26)22-15-5-6-16-14(9-15)7-8-23(19(16)27)11-17(24)25;3-2(4,5)1(6)7/h1-6,9-10H,7-8,11,20H2,(H,22,26)(H,24,25);(H,6,7). The largest absolute Gasteiger partial charge is 0.490 e. The Morgan fingerprint density at radius 1 is 1.12 bits per heavy atom. The smallest absolute Gasteiger partial charge is 0.480 e. The molecule has 0 aliphatic carbocycles. The van der Waals surface area contributed by atoms with Gasteiger partial charge in [0.2, 0.25) is 0 Å². The minimum atomic E-state index is -5.08. The van der Waals surface area contributed by atoms with Crippen LogP contribution in [0.25, 0.3) is 0 Å². The molecule has 0 unspecified atom stereocenters. The summed E-state index contributed by atoms with van der Waals surface area (Å²) in [5.41, 5.74) is 3.09. The molecule has 2 aromatic rings. The third-order valence-corrected chi connectivity index (χ3v) is 4.50. The monoisotopic (exact) mass is 480 g/mol. The zero-order valence-corrected chi connectivity index (χ0v) is 17.4. The molecule has 1 aliphatic heterocycles. The molecule has 0 spiro atoms. The van der Waals surface area contributed by atoms with Crippen LogP contribution in [-0.2, 0) is 16.0 Å². The molecule has 0 atom stereocenters. The van der Waals surface area contributed by atoms with Crippen molar-refractivity contribution < 1.29 is 42.6 Å². The molecule has 5 N–H and O–H groups in total. The van der Waals surface area contributed by atoms with Crippen molar-refractivity contribution in [3.8, 4) is 0 Å². The van der Waals surface area contributed by atoms with E-state index in [-0.39, 0.29) is 18.4 Å². The summed E-state index contributed by atoms with van der Waals surface area (Å²) in [5, 5.41) is 22.2. The van der Waals surface area contributed by atoms with E-state index < -0.39 is 18.1 Å². The Kier molecular flexibility index (Phi) is 8.31. The molecule has 1 heterocycles. The summed E-state index contributed by atoms with van der Waals surface area (Å²) in [6.45, 7) is 0.0152. The summed E-state index contributed by atoms with van der Waals surface area (Å²) >= 11 is 0. The number of nitrogens with two attached hydrogens (primary N) is 1. The van der Waals surface area contributed by atoms with Crippen molar-refractivity contribution in [2.75, 3.05) is 18.4 Å². The number of alkyl halides is 3. The maximum Gasteiger partial charge on any atom is 0.490 e. The Morgan fingerprint density at radius 2 is 1.74 bits per heavy atom. The van der Waals surface area contributed by atoms with Gasteiger partial charge in [-0.25, -0.2) is 4.79 Å². The number of halogens is 3. The molecule has 0 bridgehead atoms. The fraction of sp³-hybridized carbons (Fsp3) is 0.190. The number of hydrazone groups is 1. The highest BCUT2D eigenvalue weighted by atomic mass is 19.4.